The monoisotopic (exact) mass is 760 g/mol. The Morgan fingerprint density at radius 2 is 0.767 bits per heavy atom. The summed E-state index contributed by atoms with van der Waals surface area (Å²) < 4.78 is 6.56. The minimum atomic E-state index is 0.0702. The minimum absolute atomic E-state index is 0.0702. The number of furan rings is 1. The van der Waals surface area contributed by atoms with Crippen LogP contribution >= 0.6 is 0 Å². The number of fused-ring (bicyclic) bond motifs is 18. The second-order valence-corrected chi connectivity index (χ2v) is 16.2. The van der Waals surface area contributed by atoms with Crippen molar-refractivity contribution >= 4 is 33.1 Å². The SMILES string of the molecule is C1=CC(c2ccc3c(c2)-c2ccccc2-c2ccccc2-c2cc(-c4cccc5c4oc4ccccc45)ccc2-3)C2=C1c1ccccc1-c1ccccc1-c1ccccc12. The van der Waals surface area contributed by atoms with Gasteiger partial charge in [-0.1, -0.05) is 194 Å². The van der Waals surface area contributed by atoms with Gasteiger partial charge < -0.3 is 4.42 Å². The van der Waals surface area contributed by atoms with Crippen molar-refractivity contribution in [2.45, 2.75) is 5.92 Å². The van der Waals surface area contributed by atoms with Crippen LogP contribution < -0.4 is 0 Å². The van der Waals surface area contributed by atoms with Crippen LogP contribution in [0.15, 0.2) is 217 Å². The van der Waals surface area contributed by atoms with Gasteiger partial charge in [0.15, 0.2) is 0 Å². The predicted molar refractivity (Wildman–Crippen MR) is 250 cm³/mol. The first-order valence-corrected chi connectivity index (χ1v) is 20.9. The summed E-state index contributed by atoms with van der Waals surface area (Å²) in [6.45, 7) is 0. The fourth-order valence-corrected chi connectivity index (χ4v) is 10.5. The molecule has 13 rings (SSSR count). The second-order valence-electron chi connectivity index (χ2n) is 16.2. The van der Waals surface area contributed by atoms with Gasteiger partial charge in [0.05, 0.1) is 0 Å². The molecule has 1 heteroatoms. The first kappa shape index (κ1) is 33.3. The van der Waals surface area contributed by atoms with E-state index in [4.69, 9.17) is 4.42 Å². The smallest absolute Gasteiger partial charge is 0.143 e. The van der Waals surface area contributed by atoms with E-state index in [-0.39, 0.29) is 5.92 Å². The summed E-state index contributed by atoms with van der Waals surface area (Å²) in [6.07, 6.45) is 4.81. The third-order valence-electron chi connectivity index (χ3n) is 13.2. The molecule has 1 aromatic heterocycles. The highest BCUT2D eigenvalue weighted by Gasteiger charge is 2.31. The molecule has 0 amide bonds. The van der Waals surface area contributed by atoms with Gasteiger partial charge in [-0.15, -0.1) is 0 Å². The molecule has 0 fully saturated rings. The lowest BCUT2D eigenvalue weighted by Gasteiger charge is -2.27. The molecule has 0 spiro atoms. The summed E-state index contributed by atoms with van der Waals surface area (Å²) in [5.41, 5.74) is 25.6. The van der Waals surface area contributed by atoms with E-state index in [1.807, 2.05) is 6.07 Å². The molecule has 0 saturated heterocycles. The molecule has 3 aliphatic rings. The van der Waals surface area contributed by atoms with Crippen LogP contribution in [0.25, 0.3) is 111 Å². The summed E-state index contributed by atoms with van der Waals surface area (Å²) in [6, 6.07) is 73.9. The van der Waals surface area contributed by atoms with E-state index in [0.29, 0.717) is 0 Å². The van der Waals surface area contributed by atoms with E-state index in [2.05, 4.69) is 206 Å². The van der Waals surface area contributed by atoms with Crippen LogP contribution in [0.4, 0.5) is 0 Å². The number of rotatable bonds is 2. The fraction of sp³-hybridized carbons (Fsp3) is 0.0169. The molecule has 10 aromatic rings. The number of benzene rings is 9. The largest absolute Gasteiger partial charge is 0.455 e. The highest BCUT2D eigenvalue weighted by atomic mass is 16.3. The quantitative estimate of drug-likeness (QED) is 0.171. The van der Waals surface area contributed by atoms with E-state index in [0.717, 1.165) is 33.1 Å². The molecule has 0 aliphatic heterocycles. The van der Waals surface area contributed by atoms with E-state index in [9.17, 15) is 0 Å². The topological polar surface area (TPSA) is 13.1 Å². The molecular weight excluding hydrogens is 725 g/mol. The van der Waals surface area contributed by atoms with Crippen molar-refractivity contribution in [2.24, 2.45) is 0 Å². The Hall–Kier alpha value is -7.74. The standard InChI is InChI=1S/C59H36O/c1-2-15-41-40(14-1)42-16-3-6-20-46(42)53-33-32-38(58(53)52-24-10-9-19-45(41)52)36-28-30-49-50-31-29-37(39-25-13-26-54-51-23-11-12-27-57(51)60-59(39)54)35-56(50)48-22-8-5-18-44(48)43-17-4-7-21-47(43)55(49)34-36/h1-35,38H. The molecule has 3 aliphatic carbocycles. The lowest BCUT2D eigenvalue weighted by Crippen LogP contribution is -2.04. The van der Waals surface area contributed by atoms with Gasteiger partial charge in [-0.2, -0.15) is 0 Å². The molecule has 60 heavy (non-hydrogen) atoms. The van der Waals surface area contributed by atoms with Crippen LogP contribution in [0.1, 0.15) is 22.6 Å². The van der Waals surface area contributed by atoms with Gasteiger partial charge in [0.1, 0.15) is 11.2 Å². The van der Waals surface area contributed by atoms with Crippen molar-refractivity contribution in [3.63, 3.8) is 0 Å². The number of para-hydroxylation sites is 2. The van der Waals surface area contributed by atoms with Gasteiger partial charge >= 0.3 is 0 Å². The van der Waals surface area contributed by atoms with Crippen molar-refractivity contribution in [3.05, 3.63) is 229 Å². The van der Waals surface area contributed by atoms with Crippen molar-refractivity contribution in [1.82, 2.24) is 0 Å². The maximum Gasteiger partial charge on any atom is 0.143 e. The molecule has 1 heterocycles. The summed E-state index contributed by atoms with van der Waals surface area (Å²) in [7, 11) is 0. The first-order chi connectivity index (χ1) is 29.8. The molecule has 0 bridgehead atoms. The third-order valence-corrected chi connectivity index (χ3v) is 13.2. The molecule has 0 N–H and O–H groups in total. The summed E-state index contributed by atoms with van der Waals surface area (Å²) in [5.74, 6) is 0.0702. The average molecular weight is 761 g/mol. The fourth-order valence-electron chi connectivity index (χ4n) is 10.5. The van der Waals surface area contributed by atoms with Crippen molar-refractivity contribution in [1.29, 1.82) is 0 Å². The third kappa shape index (κ3) is 4.81. The number of hydrogen-bond acceptors (Lipinski definition) is 1. The number of allylic oxidation sites excluding steroid dienone is 4. The van der Waals surface area contributed by atoms with Crippen LogP contribution in [0.2, 0.25) is 0 Å². The van der Waals surface area contributed by atoms with E-state index in [1.54, 1.807) is 0 Å². The zero-order chi connectivity index (χ0) is 39.3. The Kier molecular flexibility index (Phi) is 7.14. The zero-order valence-corrected chi connectivity index (χ0v) is 32.7. The molecule has 1 atom stereocenters. The summed E-state index contributed by atoms with van der Waals surface area (Å²) in [5, 5.41) is 2.28. The average Bonchev–Trinajstić information content (AvgIpc) is 3.93. The van der Waals surface area contributed by atoms with Crippen molar-refractivity contribution in [3.8, 4) is 77.9 Å². The first-order valence-electron chi connectivity index (χ1n) is 20.9. The predicted octanol–water partition coefficient (Wildman–Crippen LogP) is 16.1. The Bertz CT molecular complexity index is 3500. The molecule has 9 aromatic carbocycles. The maximum atomic E-state index is 6.56. The normalized spacial score (nSPS) is 14.4. The number of hydrogen-bond donors (Lipinski definition) is 0. The summed E-state index contributed by atoms with van der Waals surface area (Å²) in [4.78, 5) is 0. The van der Waals surface area contributed by atoms with Crippen molar-refractivity contribution in [2.75, 3.05) is 0 Å². The highest BCUT2D eigenvalue weighted by molar-refractivity contribution is 6.12. The molecule has 278 valence electrons. The van der Waals surface area contributed by atoms with E-state index in [1.165, 1.54) is 94.6 Å². The van der Waals surface area contributed by atoms with E-state index < -0.39 is 0 Å². The van der Waals surface area contributed by atoms with Crippen LogP contribution in [0.3, 0.4) is 0 Å². The van der Waals surface area contributed by atoms with Crippen LogP contribution in [0, 0.1) is 0 Å². The van der Waals surface area contributed by atoms with Crippen LogP contribution in [0.5, 0.6) is 0 Å². The van der Waals surface area contributed by atoms with Gasteiger partial charge in [-0.3, -0.25) is 0 Å². The molecule has 0 radical (unpaired) electrons. The Labute approximate surface area is 348 Å². The van der Waals surface area contributed by atoms with Gasteiger partial charge in [0, 0.05) is 22.3 Å². The highest BCUT2D eigenvalue weighted by Crippen LogP contribution is 2.54. The Morgan fingerprint density at radius 3 is 1.42 bits per heavy atom. The van der Waals surface area contributed by atoms with Gasteiger partial charge in [-0.05, 0) is 118 Å². The van der Waals surface area contributed by atoms with Crippen LogP contribution in [-0.2, 0) is 0 Å². The van der Waals surface area contributed by atoms with Gasteiger partial charge in [0.2, 0.25) is 0 Å². The lowest BCUT2D eigenvalue weighted by molar-refractivity contribution is 0.670. The second kappa shape index (κ2) is 12.9. The van der Waals surface area contributed by atoms with Gasteiger partial charge in [-0.25, -0.2) is 0 Å². The molecular formula is C59H36O. The summed E-state index contributed by atoms with van der Waals surface area (Å²) >= 11 is 0. The van der Waals surface area contributed by atoms with Crippen molar-refractivity contribution < 1.29 is 4.42 Å². The lowest BCUT2D eigenvalue weighted by atomic mass is 9.76. The van der Waals surface area contributed by atoms with Gasteiger partial charge in [0.25, 0.3) is 0 Å². The zero-order valence-electron chi connectivity index (χ0n) is 32.7. The van der Waals surface area contributed by atoms with E-state index >= 15 is 0 Å². The Morgan fingerprint density at radius 1 is 0.317 bits per heavy atom. The minimum Gasteiger partial charge on any atom is -0.455 e. The molecule has 1 nitrogen and oxygen atoms in total. The molecule has 0 saturated carbocycles. The maximum absolute atomic E-state index is 6.56. The van der Waals surface area contributed by atoms with Crippen LogP contribution in [-0.4, -0.2) is 0 Å². The Balaban J connectivity index is 1.03. The molecule has 1 unspecified atom stereocenters.